The number of amides is 2. The smallest absolute Gasteiger partial charge is 0.251 e. The summed E-state index contributed by atoms with van der Waals surface area (Å²) in [5.74, 6) is -0.451. The molecule has 0 aliphatic carbocycles. The number of carbonyl (C=O) groups is 2. The van der Waals surface area contributed by atoms with Crippen LogP contribution in [0.25, 0.3) is 0 Å². The van der Waals surface area contributed by atoms with Gasteiger partial charge in [0.2, 0.25) is 5.91 Å². The van der Waals surface area contributed by atoms with Gasteiger partial charge in [0.1, 0.15) is 5.82 Å². The number of anilines is 1. The van der Waals surface area contributed by atoms with Crippen LogP contribution in [0, 0.1) is 5.41 Å². The Labute approximate surface area is 112 Å². The first-order chi connectivity index (χ1) is 8.76. The summed E-state index contributed by atoms with van der Waals surface area (Å²) in [6.45, 7) is 5.45. The van der Waals surface area contributed by atoms with Gasteiger partial charge in [0, 0.05) is 17.8 Å². The van der Waals surface area contributed by atoms with Crippen LogP contribution in [0.4, 0.5) is 5.82 Å². The fourth-order valence-corrected chi connectivity index (χ4v) is 1.41. The lowest BCUT2D eigenvalue weighted by molar-refractivity contribution is -0.125. The van der Waals surface area contributed by atoms with Gasteiger partial charge in [-0.1, -0.05) is 6.92 Å². The molecule has 1 heterocycles. The van der Waals surface area contributed by atoms with E-state index in [1.807, 2.05) is 6.92 Å². The Bertz CT molecular complexity index is 497. The van der Waals surface area contributed by atoms with Crippen LogP contribution in [0.5, 0.6) is 0 Å². The van der Waals surface area contributed by atoms with E-state index in [1.165, 1.54) is 6.07 Å². The number of nitrogens with one attached hydrogen (secondary N) is 1. The molecule has 0 unspecified atom stereocenters. The molecule has 1 aromatic rings. The first-order valence-corrected chi connectivity index (χ1v) is 6.11. The summed E-state index contributed by atoms with van der Waals surface area (Å²) in [6, 6.07) is 3.19. The van der Waals surface area contributed by atoms with E-state index >= 15 is 0 Å². The largest absolute Gasteiger partial charge is 0.384 e. The summed E-state index contributed by atoms with van der Waals surface area (Å²) in [5.41, 5.74) is 11.3. The van der Waals surface area contributed by atoms with Gasteiger partial charge in [-0.25, -0.2) is 4.98 Å². The van der Waals surface area contributed by atoms with Gasteiger partial charge in [-0.2, -0.15) is 0 Å². The number of carbonyl (C=O) groups excluding carboxylic acids is 2. The summed E-state index contributed by atoms with van der Waals surface area (Å²) >= 11 is 0. The monoisotopic (exact) mass is 264 g/mol. The molecule has 0 atom stereocenters. The summed E-state index contributed by atoms with van der Waals surface area (Å²) in [4.78, 5) is 27.2. The van der Waals surface area contributed by atoms with Gasteiger partial charge in [-0.3, -0.25) is 9.59 Å². The maximum absolute atomic E-state index is 12.0. The molecule has 6 nitrogen and oxygen atoms in total. The standard InChI is InChI=1S/C13H20N4O2/c1-4-9-5-8(6-10(14)17-9)11(18)16-7-13(2,3)12(15)19/h5-6H,4,7H2,1-3H3,(H2,14,17)(H2,15,19)(H,16,18). The number of nitrogen functional groups attached to an aromatic ring is 1. The molecule has 0 aliphatic heterocycles. The van der Waals surface area contributed by atoms with E-state index in [0.717, 1.165) is 5.69 Å². The molecule has 104 valence electrons. The highest BCUT2D eigenvalue weighted by molar-refractivity contribution is 5.95. The molecule has 0 aromatic carbocycles. The van der Waals surface area contributed by atoms with Crippen molar-refractivity contribution in [2.75, 3.05) is 12.3 Å². The maximum atomic E-state index is 12.0. The lowest BCUT2D eigenvalue weighted by Gasteiger charge is -2.20. The predicted octanol–water partition coefficient (Wildman–Crippen LogP) is 0.468. The third-order valence-corrected chi connectivity index (χ3v) is 2.88. The van der Waals surface area contributed by atoms with Crippen molar-refractivity contribution in [3.8, 4) is 0 Å². The number of nitrogens with zero attached hydrogens (tertiary/aromatic N) is 1. The van der Waals surface area contributed by atoms with Crippen molar-refractivity contribution in [1.82, 2.24) is 10.3 Å². The molecule has 2 amide bonds. The molecule has 0 bridgehead atoms. The highest BCUT2D eigenvalue weighted by Gasteiger charge is 2.25. The Morgan fingerprint density at radius 2 is 2.00 bits per heavy atom. The van der Waals surface area contributed by atoms with Crippen LogP contribution in [0.15, 0.2) is 12.1 Å². The minimum Gasteiger partial charge on any atom is -0.384 e. The van der Waals surface area contributed by atoms with Gasteiger partial charge >= 0.3 is 0 Å². The maximum Gasteiger partial charge on any atom is 0.251 e. The number of hydrogen-bond donors (Lipinski definition) is 3. The Kier molecular flexibility index (Phi) is 4.47. The van der Waals surface area contributed by atoms with Crippen molar-refractivity contribution in [2.24, 2.45) is 11.1 Å². The lowest BCUT2D eigenvalue weighted by atomic mass is 9.92. The Morgan fingerprint density at radius 3 is 2.53 bits per heavy atom. The van der Waals surface area contributed by atoms with E-state index in [-0.39, 0.29) is 12.5 Å². The Morgan fingerprint density at radius 1 is 1.37 bits per heavy atom. The molecule has 0 spiro atoms. The molecular weight excluding hydrogens is 244 g/mol. The summed E-state index contributed by atoms with van der Waals surface area (Å²) in [5, 5.41) is 2.68. The number of aryl methyl sites for hydroxylation is 1. The van der Waals surface area contributed by atoms with Crippen molar-refractivity contribution >= 4 is 17.6 Å². The van der Waals surface area contributed by atoms with Gasteiger partial charge in [-0.05, 0) is 32.4 Å². The second kappa shape index (κ2) is 5.69. The van der Waals surface area contributed by atoms with E-state index in [1.54, 1.807) is 19.9 Å². The predicted molar refractivity (Wildman–Crippen MR) is 73.3 cm³/mol. The van der Waals surface area contributed by atoms with Gasteiger partial charge < -0.3 is 16.8 Å². The van der Waals surface area contributed by atoms with Crippen LogP contribution in [-0.2, 0) is 11.2 Å². The highest BCUT2D eigenvalue weighted by Crippen LogP contribution is 2.13. The normalized spacial score (nSPS) is 11.1. The fraction of sp³-hybridized carbons (Fsp3) is 0.462. The number of aromatic nitrogens is 1. The van der Waals surface area contributed by atoms with Crippen LogP contribution >= 0.6 is 0 Å². The third kappa shape index (κ3) is 3.94. The zero-order chi connectivity index (χ0) is 14.6. The minimum absolute atomic E-state index is 0.171. The van der Waals surface area contributed by atoms with E-state index in [2.05, 4.69) is 10.3 Å². The highest BCUT2D eigenvalue weighted by atomic mass is 16.2. The van der Waals surface area contributed by atoms with Gasteiger partial charge in [0.25, 0.3) is 5.91 Å². The second-order valence-electron chi connectivity index (χ2n) is 5.06. The SMILES string of the molecule is CCc1cc(C(=O)NCC(C)(C)C(N)=O)cc(N)n1. The molecule has 5 N–H and O–H groups in total. The fourth-order valence-electron chi connectivity index (χ4n) is 1.41. The van der Waals surface area contributed by atoms with Gasteiger partial charge in [0.15, 0.2) is 0 Å². The zero-order valence-electron chi connectivity index (χ0n) is 11.5. The topological polar surface area (TPSA) is 111 Å². The minimum atomic E-state index is -0.790. The number of rotatable bonds is 5. The molecular formula is C13H20N4O2. The van der Waals surface area contributed by atoms with Crippen LogP contribution < -0.4 is 16.8 Å². The van der Waals surface area contributed by atoms with Crippen molar-refractivity contribution in [3.63, 3.8) is 0 Å². The van der Waals surface area contributed by atoms with E-state index in [0.29, 0.717) is 17.8 Å². The summed E-state index contributed by atoms with van der Waals surface area (Å²) < 4.78 is 0. The van der Waals surface area contributed by atoms with Crippen LogP contribution in [0.3, 0.4) is 0 Å². The molecule has 1 rings (SSSR count). The average Bonchev–Trinajstić information content (AvgIpc) is 2.34. The lowest BCUT2D eigenvalue weighted by Crippen LogP contribution is -2.42. The molecule has 1 aromatic heterocycles. The summed E-state index contributed by atoms with van der Waals surface area (Å²) in [6.07, 6.45) is 0.693. The third-order valence-electron chi connectivity index (χ3n) is 2.88. The molecule has 0 fully saturated rings. The van der Waals surface area contributed by atoms with Crippen molar-refractivity contribution < 1.29 is 9.59 Å². The summed E-state index contributed by atoms with van der Waals surface area (Å²) in [7, 11) is 0. The van der Waals surface area contributed by atoms with Gasteiger partial charge in [-0.15, -0.1) is 0 Å². The van der Waals surface area contributed by atoms with E-state index in [4.69, 9.17) is 11.5 Å². The Hall–Kier alpha value is -2.11. The number of nitrogens with two attached hydrogens (primary N) is 2. The zero-order valence-corrected chi connectivity index (χ0v) is 11.5. The molecule has 0 radical (unpaired) electrons. The van der Waals surface area contributed by atoms with Crippen molar-refractivity contribution in [2.45, 2.75) is 27.2 Å². The number of hydrogen-bond acceptors (Lipinski definition) is 4. The number of primary amides is 1. The second-order valence-corrected chi connectivity index (χ2v) is 5.06. The van der Waals surface area contributed by atoms with Crippen molar-refractivity contribution in [1.29, 1.82) is 0 Å². The molecule has 0 aliphatic rings. The Balaban J connectivity index is 2.79. The molecule has 19 heavy (non-hydrogen) atoms. The van der Waals surface area contributed by atoms with Crippen molar-refractivity contribution in [3.05, 3.63) is 23.4 Å². The van der Waals surface area contributed by atoms with Crippen LogP contribution in [0.2, 0.25) is 0 Å². The molecule has 0 saturated carbocycles. The number of pyridine rings is 1. The van der Waals surface area contributed by atoms with Gasteiger partial charge in [0.05, 0.1) is 5.41 Å². The van der Waals surface area contributed by atoms with Crippen LogP contribution in [0.1, 0.15) is 36.8 Å². The van der Waals surface area contributed by atoms with E-state index < -0.39 is 11.3 Å². The van der Waals surface area contributed by atoms with Crippen LogP contribution in [-0.4, -0.2) is 23.3 Å². The quantitative estimate of drug-likeness (QED) is 0.717. The first-order valence-electron chi connectivity index (χ1n) is 6.11. The molecule has 0 saturated heterocycles. The van der Waals surface area contributed by atoms with E-state index in [9.17, 15) is 9.59 Å². The average molecular weight is 264 g/mol. The molecule has 6 heteroatoms. The first kappa shape index (κ1) is 14.9.